The van der Waals surface area contributed by atoms with Crippen molar-refractivity contribution >= 4 is 40.1 Å². The van der Waals surface area contributed by atoms with Crippen LogP contribution in [-0.4, -0.2) is 44.6 Å². The molecule has 0 aliphatic rings. The van der Waals surface area contributed by atoms with Gasteiger partial charge in [-0.15, -0.1) is 11.3 Å². The van der Waals surface area contributed by atoms with E-state index >= 15 is 0 Å². The van der Waals surface area contributed by atoms with Crippen LogP contribution in [0.4, 0.5) is 20.0 Å². The topological polar surface area (TPSA) is 155 Å². The molecule has 0 radical (unpaired) electrons. The molecule has 12 heteroatoms. The van der Waals surface area contributed by atoms with Gasteiger partial charge < -0.3 is 26.0 Å². The van der Waals surface area contributed by atoms with Crippen LogP contribution in [0.5, 0.6) is 0 Å². The number of halogens is 1. The van der Waals surface area contributed by atoms with E-state index in [9.17, 15) is 29.0 Å². The number of pyridine rings is 1. The van der Waals surface area contributed by atoms with Crippen LogP contribution in [0.3, 0.4) is 0 Å². The van der Waals surface area contributed by atoms with Gasteiger partial charge >= 0.3 is 12.1 Å². The maximum Gasteiger partial charge on any atom is 0.410 e. The van der Waals surface area contributed by atoms with E-state index in [-0.39, 0.29) is 30.1 Å². The number of ether oxygens (including phenoxy) is 1. The van der Waals surface area contributed by atoms with Crippen LogP contribution >= 0.6 is 11.3 Å². The fourth-order valence-electron chi connectivity index (χ4n) is 4.00. The van der Waals surface area contributed by atoms with E-state index in [0.717, 1.165) is 21.8 Å². The first-order chi connectivity index (χ1) is 19.9. The number of carbonyl (C=O) groups is 3. The third-order valence-electron chi connectivity index (χ3n) is 6.13. The Balaban J connectivity index is 1.54. The number of amides is 2. The molecular formula is C30H29FN4O6S. The third-order valence-corrected chi connectivity index (χ3v) is 7.21. The Bertz CT molecular complexity index is 1600. The molecule has 0 bridgehead atoms. The number of benzene rings is 2. The molecular weight excluding hydrogens is 563 g/mol. The van der Waals surface area contributed by atoms with Crippen molar-refractivity contribution in [3.05, 3.63) is 101 Å². The Hall–Kier alpha value is -4.81. The molecule has 0 saturated carbocycles. The average molecular weight is 593 g/mol. The number of carboxylic acids is 1. The Kier molecular flexibility index (Phi) is 9.18. The normalized spacial score (nSPS) is 11.1. The lowest BCUT2D eigenvalue weighted by molar-refractivity contribution is -0.138. The summed E-state index contributed by atoms with van der Waals surface area (Å²) in [6, 6.07) is 19.7. The minimum Gasteiger partial charge on any atom is -0.480 e. The lowest BCUT2D eigenvalue weighted by atomic mass is 9.96. The number of aromatic nitrogens is 1. The maximum absolute atomic E-state index is 15.0. The fourth-order valence-corrected chi connectivity index (χ4v) is 5.10. The second kappa shape index (κ2) is 12.8. The average Bonchev–Trinajstić information content (AvgIpc) is 3.35. The molecule has 4 rings (SSSR count). The van der Waals surface area contributed by atoms with Crippen molar-refractivity contribution in [2.24, 2.45) is 5.73 Å². The van der Waals surface area contributed by atoms with Crippen molar-refractivity contribution in [2.45, 2.75) is 32.6 Å². The Morgan fingerprint density at radius 2 is 1.81 bits per heavy atom. The van der Waals surface area contributed by atoms with Crippen LogP contribution in [0.25, 0.3) is 10.4 Å². The van der Waals surface area contributed by atoms with Crippen LogP contribution in [0.1, 0.15) is 41.0 Å². The standard InChI is InChI=1S/C30H29FN4O6S/c1-30(2,40)19-11-12-21(23(31)13-19)24-14-22(27(32)38)28(42-24)34-25-10-6-9-20(33-25)15-35(16-26(36)37)29(39)41-17-18-7-4-3-5-8-18/h3-14,40H,15-17H2,1-2H3,(H2,32,38)(H,33,34)(H,36,37). The van der Waals surface area contributed by atoms with Gasteiger partial charge in [-0.1, -0.05) is 48.5 Å². The largest absolute Gasteiger partial charge is 0.480 e. The number of thiophene rings is 1. The Morgan fingerprint density at radius 1 is 1.07 bits per heavy atom. The Labute approximate surface area is 245 Å². The zero-order chi connectivity index (χ0) is 30.4. The molecule has 0 aliphatic heterocycles. The van der Waals surface area contributed by atoms with Crippen LogP contribution < -0.4 is 11.1 Å². The molecule has 5 N–H and O–H groups in total. The number of nitrogens with two attached hydrogens (primary N) is 1. The molecule has 0 aliphatic carbocycles. The van der Waals surface area contributed by atoms with Gasteiger partial charge in [-0.2, -0.15) is 0 Å². The van der Waals surface area contributed by atoms with Crippen LogP contribution in [0.2, 0.25) is 0 Å². The van der Waals surface area contributed by atoms with Gasteiger partial charge in [-0.25, -0.2) is 14.2 Å². The third kappa shape index (κ3) is 7.68. The highest BCUT2D eigenvalue weighted by atomic mass is 32.1. The zero-order valence-corrected chi connectivity index (χ0v) is 23.7. The highest BCUT2D eigenvalue weighted by molar-refractivity contribution is 7.20. The molecule has 4 aromatic rings. The van der Waals surface area contributed by atoms with Gasteiger partial charge in [0.15, 0.2) is 0 Å². The minimum absolute atomic E-state index is 0.0253. The predicted molar refractivity (Wildman–Crippen MR) is 156 cm³/mol. The first-order valence-electron chi connectivity index (χ1n) is 12.8. The molecule has 0 unspecified atom stereocenters. The van der Waals surface area contributed by atoms with E-state index in [2.05, 4.69) is 10.3 Å². The molecule has 0 atom stereocenters. The van der Waals surface area contributed by atoms with Crippen LogP contribution in [-0.2, 0) is 28.3 Å². The van der Waals surface area contributed by atoms with Crippen molar-refractivity contribution in [3.63, 3.8) is 0 Å². The maximum atomic E-state index is 15.0. The van der Waals surface area contributed by atoms with Gasteiger partial charge in [0.25, 0.3) is 5.91 Å². The summed E-state index contributed by atoms with van der Waals surface area (Å²) in [6.45, 7) is 2.31. The van der Waals surface area contributed by atoms with E-state index in [1.54, 1.807) is 62.4 Å². The zero-order valence-electron chi connectivity index (χ0n) is 22.8. The van der Waals surface area contributed by atoms with Crippen LogP contribution in [0.15, 0.2) is 72.8 Å². The van der Waals surface area contributed by atoms with Crippen molar-refractivity contribution in [2.75, 3.05) is 11.9 Å². The second-order valence-electron chi connectivity index (χ2n) is 9.90. The van der Waals surface area contributed by atoms with E-state index in [1.807, 2.05) is 6.07 Å². The monoisotopic (exact) mass is 592 g/mol. The molecule has 2 aromatic carbocycles. The van der Waals surface area contributed by atoms with Gasteiger partial charge in [0, 0.05) is 10.4 Å². The van der Waals surface area contributed by atoms with Crippen molar-refractivity contribution in [1.29, 1.82) is 0 Å². The summed E-state index contributed by atoms with van der Waals surface area (Å²) in [5.74, 6) is -2.25. The highest BCUT2D eigenvalue weighted by Crippen LogP contribution is 2.38. The summed E-state index contributed by atoms with van der Waals surface area (Å²) in [5.41, 5.74) is 6.20. The number of anilines is 2. The predicted octanol–water partition coefficient (Wildman–Crippen LogP) is 5.24. The number of nitrogens with zero attached hydrogens (tertiary/aromatic N) is 2. The summed E-state index contributed by atoms with van der Waals surface area (Å²) in [4.78, 5) is 42.2. The summed E-state index contributed by atoms with van der Waals surface area (Å²) in [6.07, 6.45) is -0.821. The molecule has 218 valence electrons. The molecule has 2 aromatic heterocycles. The summed E-state index contributed by atoms with van der Waals surface area (Å²) in [7, 11) is 0. The molecule has 0 fully saturated rings. The lowest BCUT2D eigenvalue weighted by Gasteiger charge is -2.20. The van der Waals surface area contributed by atoms with E-state index in [0.29, 0.717) is 21.1 Å². The van der Waals surface area contributed by atoms with Crippen molar-refractivity contribution in [3.8, 4) is 10.4 Å². The van der Waals surface area contributed by atoms with Crippen LogP contribution in [0, 0.1) is 5.82 Å². The van der Waals surface area contributed by atoms with Gasteiger partial charge in [0.1, 0.15) is 29.8 Å². The SMILES string of the molecule is CC(C)(O)c1ccc(-c2cc(C(N)=O)c(Nc3cccc(CN(CC(=O)O)C(=O)OCc4ccccc4)n3)s2)c(F)c1. The van der Waals surface area contributed by atoms with Gasteiger partial charge in [-0.3, -0.25) is 14.5 Å². The lowest BCUT2D eigenvalue weighted by Crippen LogP contribution is -2.35. The number of carboxylic acid groups (broad SMARTS) is 1. The van der Waals surface area contributed by atoms with E-state index < -0.39 is 35.9 Å². The number of primary amides is 1. The molecule has 2 amide bonds. The first kappa shape index (κ1) is 30.2. The molecule has 42 heavy (non-hydrogen) atoms. The summed E-state index contributed by atoms with van der Waals surface area (Å²) < 4.78 is 20.3. The number of nitrogens with one attached hydrogen (secondary N) is 1. The quantitative estimate of drug-likeness (QED) is 0.184. The highest BCUT2D eigenvalue weighted by Gasteiger charge is 2.22. The minimum atomic E-state index is -1.23. The van der Waals surface area contributed by atoms with E-state index in [1.165, 1.54) is 18.2 Å². The van der Waals surface area contributed by atoms with Gasteiger partial charge in [0.05, 0.1) is 23.4 Å². The molecule has 0 saturated heterocycles. The van der Waals surface area contributed by atoms with Gasteiger partial charge in [-0.05, 0) is 49.2 Å². The summed E-state index contributed by atoms with van der Waals surface area (Å²) >= 11 is 1.08. The number of hydrogen-bond acceptors (Lipinski definition) is 8. The fraction of sp³-hybridized carbons (Fsp3) is 0.200. The van der Waals surface area contributed by atoms with Gasteiger partial charge in [0.2, 0.25) is 0 Å². The van der Waals surface area contributed by atoms with Crippen molar-refractivity contribution in [1.82, 2.24) is 9.88 Å². The van der Waals surface area contributed by atoms with Crippen molar-refractivity contribution < 1.29 is 33.7 Å². The number of aliphatic hydroxyl groups is 1. The number of rotatable bonds is 11. The molecule has 10 nitrogen and oxygen atoms in total. The molecule has 0 spiro atoms. The summed E-state index contributed by atoms with van der Waals surface area (Å²) in [5, 5.41) is 22.9. The first-order valence-corrected chi connectivity index (χ1v) is 13.6. The van der Waals surface area contributed by atoms with E-state index in [4.69, 9.17) is 10.5 Å². The number of hydrogen-bond donors (Lipinski definition) is 4. The number of carbonyl (C=O) groups excluding carboxylic acids is 2. The molecule has 2 heterocycles. The second-order valence-corrected chi connectivity index (χ2v) is 11.0. The number of aliphatic carboxylic acids is 1. The smallest absolute Gasteiger partial charge is 0.410 e. The Morgan fingerprint density at radius 3 is 2.45 bits per heavy atom.